The molecule has 0 N–H and O–H groups in total. The van der Waals surface area contributed by atoms with Crippen LogP contribution in [0.5, 0.6) is 17.2 Å². The first-order valence-corrected chi connectivity index (χ1v) is 13.3. The highest BCUT2D eigenvalue weighted by molar-refractivity contribution is 7.85. The molecule has 10 heteroatoms. The van der Waals surface area contributed by atoms with Gasteiger partial charge in [-0.05, 0) is 42.7 Å². The fourth-order valence-electron chi connectivity index (χ4n) is 4.25. The Hall–Kier alpha value is -2.33. The molecule has 0 atom stereocenters. The van der Waals surface area contributed by atoms with E-state index >= 15 is 0 Å². The van der Waals surface area contributed by atoms with Crippen molar-refractivity contribution in [2.45, 2.75) is 90.6 Å². The molecule has 0 fully saturated rings. The standard InChI is InChI=1S/C26H34F4O5S/c1-9-26(10-2,15(7)8)35-16-11-17(13(3)4)23(18(12-16)14(5)6)34-24-19(27)21(29)25(36(31,32)33)22(30)20(24)28/h11-15H,9-10H2,1-8H3,(H,31,32,33)/p-1. The first-order chi connectivity index (χ1) is 16.5. The van der Waals surface area contributed by atoms with Gasteiger partial charge in [0.2, 0.25) is 17.4 Å². The van der Waals surface area contributed by atoms with E-state index in [0.29, 0.717) is 16.9 Å². The van der Waals surface area contributed by atoms with Crippen LogP contribution in [0.2, 0.25) is 0 Å². The van der Waals surface area contributed by atoms with E-state index in [2.05, 4.69) is 13.8 Å². The smallest absolute Gasteiger partial charge is 0.205 e. The number of halogens is 4. The topological polar surface area (TPSA) is 75.7 Å². The summed E-state index contributed by atoms with van der Waals surface area (Å²) in [5, 5.41) is 0. The summed E-state index contributed by atoms with van der Waals surface area (Å²) in [7, 11) is -5.83. The zero-order chi connectivity index (χ0) is 27.7. The molecule has 0 aliphatic heterocycles. The molecule has 0 saturated carbocycles. The zero-order valence-electron chi connectivity index (χ0n) is 21.8. The first-order valence-electron chi connectivity index (χ1n) is 11.9. The molecule has 0 heterocycles. The van der Waals surface area contributed by atoms with Gasteiger partial charge in [-0.25, -0.2) is 17.2 Å². The maximum Gasteiger partial charge on any atom is 0.205 e. The molecule has 0 amide bonds. The van der Waals surface area contributed by atoms with Crippen LogP contribution < -0.4 is 9.47 Å². The van der Waals surface area contributed by atoms with Crippen LogP contribution in [-0.4, -0.2) is 18.6 Å². The van der Waals surface area contributed by atoms with Crippen LogP contribution in [0.3, 0.4) is 0 Å². The molecule has 5 nitrogen and oxygen atoms in total. The van der Waals surface area contributed by atoms with E-state index in [1.165, 1.54) is 0 Å². The molecule has 0 saturated heterocycles. The van der Waals surface area contributed by atoms with Gasteiger partial charge in [0.15, 0.2) is 11.6 Å². The Morgan fingerprint density at radius 1 is 0.806 bits per heavy atom. The van der Waals surface area contributed by atoms with Crippen LogP contribution in [0.25, 0.3) is 0 Å². The Bertz CT molecular complexity index is 1160. The fourth-order valence-corrected chi connectivity index (χ4v) is 4.86. The highest BCUT2D eigenvalue weighted by atomic mass is 32.2. The van der Waals surface area contributed by atoms with E-state index in [9.17, 15) is 30.5 Å². The third kappa shape index (κ3) is 5.64. The van der Waals surface area contributed by atoms with Gasteiger partial charge in [-0.1, -0.05) is 55.4 Å². The predicted octanol–water partition coefficient (Wildman–Crippen LogP) is 7.78. The van der Waals surface area contributed by atoms with Crippen LogP contribution in [0, 0.1) is 29.2 Å². The van der Waals surface area contributed by atoms with Crippen molar-refractivity contribution >= 4 is 10.1 Å². The highest BCUT2D eigenvalue weighted by Gasteiger charge is 2.34. The molecule has 0 aromatic heterocycles. The fraction of sp³-hybridized carbons (Fsp3) is 0.538. The summed E-state index contributed by atoms with van der Waals surface area (Å²) in [5.41, 5.74) is 0.456. The normalized spacial score (nSPS) is 12.7. The summed E-state index contributed by atoms with van der Waals surface area (Å²) in [6.07, 6.45) is 1.47. The summed E-state index contributed by atoms with van der Waals surface area (Å²) >= 11 is 0. The van der Waals surface area contributed by atoms with Crippen LogP contribution in [0.1, 0.15) is 91.2 Å². The lowest BCUT2D eigenvalue weighted by molar-refractivity contribution is 0.0140. The second-order valence-corrected chi connectivity index (χ2v) is 11.1. The van der Waals surface area contributed by atoms with Crippen molar-refractivity contribution < 1.29 is 40.0 Å². The Balaban J connectivity index is 2.80. The Kier molecular flexibility index (Phi) is 9.10. The summed E-state index contributed by atoms with van der Waals surface area (Å²) < 4.78 is 104. The SMILES string of the molecule is CCC(CC)(Oc1cc(C(C)C)c(Oc2c(F)c(F)c(S(=O)(=O)[O-])c(F)c2F)c(C(C)C)c1)C(C)C. The third-order valence-electron chi connectivity index (χ3n) is 6.57. The van der Waals surface area contributed by atoms with E-state index in [0.717, 1.165) is 12.8 Å². The average Bonchev–Trinajstić information content (AvgIpc) is 2.77. The van der Waals surface area contributed by atoms with Crippen molar-refractivity contribution in [1.29, 1.82) is 0 Å². The molecule has 0 aliphatic rings. The molecule has 2 rings (SSSR count). The molecule has 2 aromatic rings. The second kappa shape index (κ2) is 11.0. The van der Waals surface area contributed by atoms with E-state index in [1.807, 2.05) is 13.8 Å². The van der Waals surface area contributed by atoms with Crippen LogP contribution in [0.4, 0.5) is 17.6 Å². The van der Waals surface area contributed by atoms with Gasteiger partial charge in [-0.2, -0.15) is 8.78 Å². The molecular formula is C26H33F4O5S-. The second-order valence-electron chi connectivity index (χ2n) is 9.74. The van der Waals surface area contributed by atoms with E-state index in [4.69, 9.17) is 9.47 Å². The number of hydrogen-bond donors (Lipinski definition) is 0. The maximum atomic E-state index is 14.7. The number of benzene rings is 2. The lowest BCUT2D eigenvalue weighted by atomic mass is 9.84. The lowest BCUT2D eigenvalue weighted by Gasteiger charge is -2.37. The summed E-state index contributed by atoms with van der Waals surface area (Å²) in [6.45, 7) is 15.3. The quantitative estimate of drug-likeness (QED) is 0.177. The van der Waals surface area contributed by atoms with Crippen molar-refractivity contribution in [2.75, 3.05) is 0 Å². The van der Waals surface area contributed by atoms with Crippen LogP contribution in [0.15, 0.2) is 17.0 Å². The molecule has 0 radical (unpaired) electrons. The van der Waals surface area contributed by atoms with Gasteiger partial charge in [-0.15, -0.1) is 0 Å². The summed E-state index contributed by atoms with van der Waals surface area (Å²) in [6, 6.07) is 3.32. The monoisotopic (exact) mass is 533 g/mol. The molecule has 0 unspecified atom stereocenters. The zero-order valence-corrected chi connectivity index (χ0v) is 22.6. The predicted molar refractivity (Wildman–Crippen MR) is 128 cm³/mol. The van der Waals surface area contributed by atoms with Crippen molar-refractivity contribution in [2.24, 2.45) is 5.92 Å². The van der Waals surface area contributed by atoms with E-state index < -0.39 is 49.6 Å². The summed E-state index contributed by atoms with van der Waals surface area (Å²) in [5.74, 6) is -10.3. The minimum Gasteiger partial charge on any atom is -0.744 e. The Labute approximate surface area is 210 Å². The number of hydrogen-bond acceptors (Lipinski definition) is 5. The molecular weight excluding hydrogens is 500 g/mol. The van der Waals surface area contributed by atoms with Crippen molar-refractivity contribution in [1.82, 2.24) is 0 Å². The van der Waals surface area contributed by atoms with Gasteiger partial charge in [0, 0.05) is 11.1 Å². The average molecular weight is 534 g/mol. The highest BCUT2D eigenvalue weighted by Crippen LogP contribution is 2.44. The molecule has 36 heavy (non-hydrogen) atoms. The van der Waals surface area contributed by atoms with Gasteiger partial charge in [0.25, 0.3) is 0 Å². The van der Waals surface area contributed by atoms with Crippen molar-refractivity contribution in [3.8, 4) is 17.2 Å². The van der Waals surface area contributed by atoms with Crippen LogP contribution >= 0.6 is 0 Å². The number of ether oxygens (including phenoxy) is 2. The molecule has 0 bridgehead atoms. The third-order valence-corrected chi connectivity index (χ3v) is 7.43. The Morgan fingerprint density at radius 2 is 1.22 bits per heavy atom. The minimum atomic E-state index is -5.83. The minimum absolute atomic E-state index is 0.0372. The number of rotatable bonds is 10. The van der Waals surface area contributed by atoms with Crippen molar-refractivity contribution in [3.63, 3.8) is 0 Å². The maximum absolute atomic E-state index is 14.7. The van der Waals surface area contributed by atoms with Gasteiger partial charge in [-0.3, -0.25) is 0 Å². The Morgan fingerprint density at radius 3 is 1.53 bits per heavy atom. The van der Waals surface area contributed by atoms with Gasteiger partial charge in [0.05, 0.1) is 0 Å². The summed E-state index contributed by atoms with van der Waals surface area (Å²) in [4.78, 5) is -2.23. The van der Waals surface area contributed by atoms with Gasteiger partial charge in [0.1, 0.15) is 32.1 Å². The van der Waals surface area contributed by atoms with Gasteiger partial charge >= 0.3 is 0 Å². The lowest BCUT2D eigenvalue weighted by Crippen LogP contribution is -2.40. The van der Waals surface area contributed by atoms with Crippen molar-refractivity contribution in [3.05, 3.63) is 46.5 Å². The molecule has 202 valence electrons. The molecule has 0 spiro atoms. The molecule has 2 aromatic carbocycles. The van der Waals surface area contributed by atoms with Gasteiger partial charge < -0.3 is 14.0 Å². The first kappa shape index (κ1) is 29.9. The molecule has 0 aliphatic carbocycles. The van der Waals surface area contributed by atoms with E-state index in [1.54, 1.807) is 39.8 Å². The largest absolute Gasteiger partial charge is 0.744 e. The van der Waals surface area contributed by atoms with E-state index in [-0.39, 0.29) is 23.5 Å². The van der Waals surface area contributed by atoms with Crippen LogP contribution in [-0.2, 0) is 10.1 Å².